The Morgan fingerprint density at radius 3 is 2.23 bits per heavy atom. The number of unbranched alkanes of at least 4 members (excludes halogenated alkanes) is 1. The molecule has 2 heterocycles. The van der Waals surface area contributed by atoms with E-state index >= 15 is 0 Å². The van der Waals surface area contributed by atoms with E-state index in [1.807, 2.05) is 6.20 Å². The smallest absolute Gasteiger partial charge is 0.323 e. The van der Waals surface area contributed by atoms with Crippen LogP contribution in [0.4, 0.5) is 0 Å². The van der Waals surface area contributed by atoms with E-state index in [0.29, 0.717) is 13.1 Å². The molecule has 0 amide bonds. The predicted octanol–water partition coefficient (Wildman–Crippen LogP) is 4.79. The van der Waals surface area contributed by atoms with Crippen LogP contribution >= 0.6 is 0 Å². The van der Waals surface area contributed by atoms with Crippen LogP contribution in [-0.4, -0.2) is 78.5 Å². The fraction of sp³-hybridized carbons (Fsp3) is 0.567. The van der Waals surface area contributed by atoms with Crippen LogP contribution in [0.25, 0.3) is 0 Å². The second kappa shape index (κ2) is 16.2. The molecule has 0 aliphatic carbocycles. The largest absolute Gasteiger partial charge is 0.480 e. The molecule has 0 spiro atoms. The second-order valence-corrected chi connectivity index (χ2v) is 10.5. The van der Waals surface area contributed by atoms with Gasteiger partial charge in [0.05, 0.1) is 12.6 Å². The number of benzene rings is 1. The molecule has 3 rings (SSSR count). The van der Waals surface area contributed by atoms with Crippen LogP contribution in [-0.2, 0) is 31.0 Å². The summed E-state index contributed by atoms with van der Waals surface area (Å²) in [7, 11) is 2.20. The van der Waals surface area contributed by atoms with Gasteiger partial charge >= 0.3 is 5.97 Å². The molecule has 2 aromatic heterocycles. The van der Waals surface area contributed by atoms with Gasteiger partial charge in [0.2, 0.25) is 0 Å². The molecular weight excluding hydrogens is 490 g/mol. The highest BCUT2D eigenvalue weighted by Gasteiger charge is 2.21. The van der Waals surface area contributed by atoms with Gasteiger partial charge in [0.1, 0.15) is 18.2 Å². The van der Waals surface area contributed by atoms with Gasteiger partial charge in [-0.3, -0.25) is 9.69 Å². The van der Waals surface area contributed by atoms with Gasteiger partial charge in [0, 0.05) is 37.9 Å². The number of hydrogen-bond acceptors (Lipinski definition) is 6. The van der Waals surface area contributed by atoms with Gasteiger partial charge in [-0.15, -0.1) is 0 Å². The lowest BCUT2D eigenvalue weighted by atomic mass is 10.1. The number of carboxylic acid groups (broad SMARTS) is 1. The van der Waals surface area contributed by atoms with Gasteiger partial charge in [0.15, 0.2) is 0 Å². The van der Waals surface area contributed by atoms with Crippen LogP contribution in [0.3, 0.4) is 0 Å². The number of nitrogens with zero attached hydrogens (tertiary/aromatic N) is 6. The molecule has 3 aromatic rings. The molecule has 0 saturated heterocycles. The van der Waals surface area contributed by atoms with Crippen molar-refractivity contribution in [3.63, 3.8) is 0 Å². The van der Waals surface area contributed by atoms with Crippen molar-refractivity contribution in [2.45, 2.75) is 78.7 Å². The average Bonchev–Trinajstić information content (AvgIpc) is 3.59. The minimum atomic E-state index is -0.879. The van der Waals surface area contributed by atoms with Crippen LogP contribution in [0.15, 0.2) is 49.1 Å². The summed E-state index contributed by atoms with van der Waals surface area (Å²) in [5.41, 5.74) is 2.51. The SMILES string of the molecule is CCCN(CCC)CCCCN(C)Cc1ccc(CN(Cc2nccn2CC(=O)O)C(C)c2ncc[nH]2)cc1. The Morgan fingerprint density at radius 2 is 1.62 bits per heavy atom. The Bertz CT molecular complexity index is 1080. The summed E-state index contributed by atoms with van der Waals surface area (Å²) in [4.78, 5) is 30.7. The Morgan fingerprint density at radius 1 is 0.949 bits per heavy atom. The molecule has 2 N–H and O–H groups in total. The van der Waals surface area contributed by atoms with Crippen LogP contribution in [0.5, 0.6) is 0 Å². The van der Waals surface area contributed by atoms with Gasteiger partial charge in [-0.2, -0.15) is 0 Å². The average molecular weight is 538 g/mol. The van der Waals surface area contributed by atoms with E-state index < -0.39 is 5.97 Å². The van der Waals surface area contributed by atoms with Gasteiger partial charge in [-0.1, -0.05) is 38.1 Å². The highest BCUT2D eigenvalue weighted by molar-refractivity contribution is 5.66. The third kappa shape index (κ3) is 10.2. The van der Waals surface area contributed by atoms with Crippen molar-refractivity contribution in [3.8, 4) is 0 Å². The second-order valence-electron chi connectivity index (χ2n) is 10.5. The number of carboxylic acids is 1. The summed E-state index contributed by atoms with van der Waals surface area (Å²) in [6.07, 6.45) is 11.9. The van der Waals surface area contributed by atoms with E-state index in [2.05, 4.69) is 81.7 Å². The Labute approximate surface area is 233 Å². The number of rotatable bonds is 19. The van der Waals surface area contributed by atoms with Gasteiger partial charge < -0.3 is 24.5 Å². The molecule has 214 valence electrons. The minimum Gasteiger partial charge on any atom is -0.480 e. The third-order valence-electron chi connectivity index (χ3n) is 7.12. The first kappa shape index (κ1) is 30.5. The molecular formula is C30H47N7O2. The van der Waals surface area contributed by atoms with Crippen LogP contribution in [0, 0.1) is 0 Å². The molecule has 9 heteroatoms. The summed E-state index contributed by atoms with van der Waals surface area (Å²) in [5.74, 6) is 0.717. The fourth-order valence-electron chi connectivity index (χ4n) is 5.03. The summed E-state index contributed by atoms with van der Waals surface area (Å²) >= 11 is 0. The monoisotopic (exact) mass is 537 g/mol. The van der Waals surface area contributed by atoms with Crippen molar-refractivity contribution in [2.24, 2.45) is 0 Å². The van der Waals surface area contributed by atoms with Gasteiger partial charge in [-0.25, -0.2) is 9.97 Å². The maximum Gasteiger partial charge on any atom is 0.323 e. The number of H-pyrrole nitrogens is 1. The zero-order chi connectivity index (χ0) is 28.0. The minimum absolute atomic E-state index is 0.00589. The zero-order valence-corrected chi connectivity index (χ0v) is 24.2. The van der Waals surface area contributed by atoms with E-state index in [9.17, 15) is 9.90 Å². The van der Waals surface area contributed by atoms with Crippen LogP contribution < -0.4 is 0 Å². The predicted molar refractivity (Wildman–Crippen MR) is 155 cm³/mol. The quantitative estimate of drug-likeness (QED) is 0.212. The lowest BCUT2D eigenvalue weighted by molar-refractivity contribution is -0.137. The summed E-state index contributed by atoms with van der Waals surface area (Å²) in [5, 5.41) is 9.27. The van der Waals surface area contributed by atoms with Crippen molar-refractivity contribution in [1.29, 1.82) is 0 Å². The Balaban J connectivity index is 1.56. The first-order valence-electron chi connectivity index (χ1n) is 14.3. The van der Waals surface area contributed by atoms with E-state index in [1.54, 1.807) is 23.2 Å². The standard InChI is InChI=1S/C30H47N7O2/c1-5-16-35(17-6-2)19-8-7-18-34(4)21-26-9-11-27(12-10-26)22-37(25(3)30-32-13-14-33-30)23-28-31-15-20-36(28)24-29(38)39/h9-15,20,25H,5-8,16-19,21-24H2,1-4H3,(H,32,33)(H,38,39). The Hall–Kier alpha value is -3.01. The maximum atomic E-state index is 11.3. The number of carbonyl (C=O) groups is 1. The highest BCUT2D eigenvalue weighted by Crippen LogP contribution is 2.22. The molecule has 0 aliphatic rings. The van der Waals surface area contributed by atoms with E-state index in [1.165, 1.54) is 56.4 Å². The first-order valence-corrected chi connectivity index (χ1v) is 14.3. The first-order chi connectivity index (χ1) is 18.9. The van der Waals surface area contributed by atoms with Crippen molar-refractivity contribution in [1.82, 2.24) is 34.2 Å². The van der Waals surface area contributed by atoms with E-state index in [0.717, 1.165) is 24.7 Å². The number of imidazole rings is 2. The van der Waals surface area contributed by atoms with Gasteiger partial charge in [-0.05, 0) is 77.0 Å². The van der Waals surface area contributed by atoms with Crippen LogP contribution in [0.2, 0.25) is 0 Å². The maximum absolute atomic E-state index is 11.3. The lowest BCUT2D eigenvalue weighted by Crippen LogP contribution is -2.29. The molecule has 0 saturated carbocycles. The van der Waals surface area contributed by atoms with Crippen molar-refractivity contribution in [2.75, 3.05) is 33.2 Å². The topological polar surface area (TPSA) is 93.5 Å². The summed E-state index contributed by atoms with van der Waals surface area (Å²) in [6.45, 7) is 13.4. The molecule has 1 aromatic carbocycles. The molecule has 0 radical (unpaired) electrons. The van der Waals surface area contributed by atoms with Crippen molar-refractivity contribution in [3.05, 3.63) is 71.8 Å². The molecule has 1 atom stereocenters. The number of aromatic amines is 1. The summed E-state index contributed by atoms with van der Waals surface area (Å²) < 4.78 is 1.69. The Kier molecular flexibility index (Phi) is 12.7. The summed E-state index contributed by atoms with van der Waals surface area (Å²) in [6, 6.07) is 8.84. The highest BCUT2D eigenvalue weighted by atomic mass is 16.4. The molecule has 0 fully saturated rings. The molecule has 0 bridgehead atoms. The number of aromatic nitrogens is 4. The number of nitrogens with one attached hydrogen (secondary N) is 1. The normalized spacial score (nSPS) is 12.6. The molecule has 1 unspecified atom stereocenters. The van der Waals surface area contributed by atoms with Gasteiger partial charge in [0.25, 0.3) is 0 Å². The van der Waals surface area contributed by atoms with Crippen LogP contribution in [0.1, 0.15) is 75.3 Å². The zero-order valence-electron chi connectivity index (χ0n) is 24.2. The fourth-order valence-corrected chi connectivity index (χ4v) is 5.03. The number of aliphatic carboxylic acids is 1. The van der Waals surface area contributed by atoms with Crippen molar-refractivity contribution < 1.29 is 9.90 Å². The van der Waals surface area contributed by atoms with E-state index in [4.69, 9.17) is 0 Å². The molecule has 0 aliphatic heterocycles. The third-order valence-corrected chi connectivity index (χ3v) is 7.12. The lowest BCUT2D eigenvalue weighted by Gasteiger charge is -2.28. The van der Waals surface area contributed by atoms with E-state index in [-0.39, 0.29) is 12.6 Å². The molecule has 39 heavy (non-hydrogen) atoms. The van der Waals surface area contributed by atoms with Crippen molar-refractivity contribution >= 4 is 5.97 Å². The number of hydrogen-bond donors (Lipinski definition) is 2. The molecule has 9 nitrogen and oxygen atoms in total.